The normalized spacial score (nSPS) is 12.5. The molecule has 42 heavy (non-hydrogen) atoms. The predicted octanol–water partition coefficient (Wildman–Crippen LogP) is 8.26. The van der Waals surface area contributed by atoms with Crippen LogP contribution in [0.25, 0.3) is 56.4 Å². The molecule has 0 bridgehead atoms. The molecule has 6 nitrogen and oxygen atoms in total. The Hall–Kier alpha value is -5.62. The minimum Gasteiger partial charge on any atom is -0.277 e. The quantitative estimate of drug-likeness (QED) is 0.220. The Balaban J connectivity index is 1.14. The first-order chi connectivity index (χ1) is 20.8. The van der Waals surface area contributed by atoms with Crippen molar-refractivity contribution in [3.05, 3.63) is 133 Å². The number of para-hydroxylation sites is 2. The fourth-order valence-electron chi connectivity index (χ4n) is 5.68. The molecule has 0 N–H and O–H groups in total. The van der Waals surface area contributed by atoms with Gasteiger partial charge in [-0.2, -0.15) is 0 Å². The molecule has 0 aliphatic carbocycles. The van der Waals surface area contributed by atoms with E-state index in [2.05, 4.69) is 99.0 Å². The lowest BCUT2D eigenvalue weighted by atomic mass is 10.0. The van der Waals surface area contributed by atoms with Gasteiger partial charge in [-0.1, -0.05) is 84.9 Å². The SMILES string of the molecule is C1=Nc2c(nc(-c3ccc(-c4ccc(-c5nc6cccnc6n5-c5ccccc5)cc4)cc3)n2-c2ccccc2)CC1. The molecule has 7 aromatic rings. The zero-order valence-corrected chi connectivity index (χ0v) is 22.8. The average Bonchev–Trinajstić information content (AvgIpc) is 3.65. The molecule has 1 aliphatic rings. The van der Waals surface area contributed by atoms with E-state index in [4.69, 9.17) is 15.0 Å². The molecule has 0 radical (unpaired) electrons. The van der Waals surface area contributed by atoms with E-state index >= 15 is 0 Å². The molecule has 3 aromatic heterocycles. The van der Waals surface area contributed by atoms with Crippen LogP contribution in [0.15, 0.2) is 133 Å². The maximum Gasteiger partial charge on any atom is 0.164 e. The lowest BCUT2D eigenvalue weighted by molar-refractivity contribution is 0.970. The number of hydrogen-bond acceptors (Lipinski definition) is 4. The number of fused-ring (bicyclic) bond motifs is 2. The molecule has 0 atom stereocenters. The van der Waals surface area contributed by atoms with Crippen molar-refractivity contribution in [2.45, 2.75) is 12.8 Å². The van der Waals surface area contributed by atoms with Crippen LogP contribution in [-0.2, 0) is 6.42 Å². The zero-order chi connectivity index (χ0) is 27.9. The van der Waals surface area contributed by atoms with Gasteiger partial charge in [-0.25, -0.2) is 19.9 Å². The number of benzene rings is 4. The van der Waals surface area contributed by atoms with E-state index in [1.54, 1.807) is 0 Å². The Morgan fingerprint density at radius 2 is 1.10 bits per heavy atom. The van der Waals surface area contributed by atoms with E-state index in [-0.39, 0.29) is 0 Å². The van der Waals surface area contributed by atoms with Gasteiger partial charge in [0.25, 0.3) is 0 Å². The van der Waals surface area contributed by atoms with Crippen molar-refractivity contribution in [2.24, 2.45) is 4.99 Å². The van der Waals surface area contributed by atoms with Gasteiger partial charge in [0.05, 0.1) is 5.69 Å². The second kappa shape index (κ2) is 10.1. The third-order valence-electron chi connectivity index (χ3n) is 7.71. The van der Waals surface area contributed by atoms with Gasteiger partial charge in [0.15, 0.2) is 11.5 Å². The van der Waals surface area contributed by atoms with Crippen LogP contribution in [0, 0.1) is 0 Å². The van der Waals surface area contributed by atoms with Gasteiger partial charge in [0.2, 0.25) is 0 Å². The highest BCUT2D eigenvalue weighted by atomic mass is 15.2. The Morgan fingerprint density at radius 1 is 0.524 bits per heavy atom. The van der Waals surface area contributed by atoms with Crippen LogP contribution in [-0.4, -0.2) is 30.3 Å². The van der Waals surface area contributed by atoms with Gasteiger partial charge in [-0.3, -0.25) is 9.13 Å². The standard InChI is InChI=1S/C36H26N6/c1-3-9-29(10-4-1)41-33(39-31-13-7-23-37-35(31)41)27-19-15-25(16-20-27)26-17-21-28(22-18-26)34-40-32-14-8-24-38-36(32)42(34)30-11-5-2-6-12-30/h1-7,9-13,15-24H,8,14H2. The number of imidazole rings is 2. The van der Waals surface area contributed by atoms with Gasteiger partial charge < -0.3 is 0 Å². The molecule has 0 saturated heterocycles. The highest BCUT2D eigenvalue weighted by molar-refractivity contribution is 5.81. The largest absolute Gasteiger partial charge is 0.277 e. The van der Waals surface area contributed by atoms with Crippen molar-refractivity contribution in [2.75, 3.05) is 0 Å². The molecule has 200 valence electrons. The second-order valence-corrected chi connectivity index (χ2v) is 10.3. The predicted molar refractivity (Wildman–Crippen MR) is 169 cm³/mol. The van der Waals surface area contributed by atoms with Crippen molar-refractivity contribution in [3.8, 4) is 45.3 Å². The van der Waals surface area contributed by atoms with Gasteiger partial charge in [0.1, 0.15) is 17.2 Å². The van der Waals surface area contributed by atoms with Crippen molar-refractivity contribution in [1.82, 2.24) is 24.1 Å². The van der Waals surface area contributed by atoms with Crippen LogP contribution < -0.4 is 0 Å². The Labute approximate surface area is 243 Å². The molecular weight excluding hydrogens is 516 g/mol. The summed E-state index contributed by atoms with van der Waals surface area (Å²) in [5, 5.41) is 0. The summed E-state index contributed by atoms with van der Waals surface area (Å²) < 4.78 is 4.29. The topological polar surface area (TPSA) is 60.9 Å². The number of nitrogens with zero attached hydrogens (tertiary/aromatic N) is 6. The minimum absolute atomic E-state index is 0.847. The van der Waals surface area contributed by atoms with Crippen molar-refractivity contribution >= 4 is 23.2 Å². The number of hydrogen-bond donors (Lipinski definition) is 0. The number of aryl methyl sites for hydroxylation is 1. The van der Waals surface area contributed by atoms with E-state index < -0.39 is 0 Å². The lowest BCUT2D eigenvalue weighted by Crippen LogP contribution is -1.99. The summed E-state index contributed by atoms with van der Waals surface area (Å²) in [6.45, 7) is 0. The van der Waals surface area contributed by atoms with Crippen molar-refractivity contribution in [1.29, 1.82) is 0 Å². The molecule has 4 aromatic carbocycles. The summed E-state index contributed by atoms with van der Waals surface area (Å²) >= 11 is 0. The van der Waals surface area contributed by atoms with Crippen LogP contribution in [0.3, 0.4) is 0 Å². The molecule has 0 amide bonds. The van der Waals surface area contributed by atoms with Crippen LogP contribution in [0.2, 0.25) is 0 Å². The summed E-state index contributed by atoms with van der Waals surface area (Å²) in [6.07, 6.45) is 5.63. The smallest absolute Gasteiger partial charge is 0.164 e. The van der Waals surface area contributed by atoms with Gasteiger partial charge >= 0.3 is 0 Å². The highest BCUT2D eigenvalue weighted by Gasteiger charge is 2.21. The molecule has 0 unspecified atom stereocenters. The first-order valence-electron chi connectivity index (χ1n) is 14.1. The number of aliphatic imine (C=N–C) groups is 1. The molecule has 0 saturated carbocycles. The van der Waals surface area contributed by atoms with Crippen LogP contribution in [0.4, 0.5) is 5.82 Å². The summed E-state index contributed by atoms with van der Waals surface area (Å²) in [7, 11) is 0. The Kier molecular flexibility index (Phi) is 5.81. The zero-order valence-electron chi connectivity index (χ0n) is 22.8. The van der Waals surface area contributed by atoms with Crippen molar-refractivity contribution < 1.29 is 0 Å². The fraction of sp³-hybridized carbons (Fsp3) is 0.0556. The Bertz CT molecular complexity index is 2050. The van der Waals surface area contributed by atoms with E-state index in [1.165, 1.54) is 0 Å². The lowest BCUT2D eigenvalue weighted by Gasteiger charge is -2.12. The molecular formula is C36H26N6. The molecule has 8 rings (SSSR count). The van der Waals surface area contributed by atoms with Gasteiger partial charge in [0, 0.05) is 34.9 Å². The summed E-state index contributed by atoms with van der Waals surface area (Å²) in [4.78, 5) is 19.3. The first-order valence-corrected chi connectivity index (χ1v) is 14.1. The van der Waals surface area contributed by atoms with E-state index in [1.807, 2.05) is 48.8 Å². The third-order valence-corrected chi connectivity index (χ3v) is 7.71. The maximum absolute atomic E-state index is 5.03. The first kappa shape index (κ1) is 24.2. The van der Waals surface area contributed by atoms with Crippen LogP contribution >= 0.6 is 0 Å². The van der Waals surface area contributed by atoms with Gasteiger partial charge in [-0.05, 0) is 60.4 Å². The average molecular weight is 543 g/mol. The summed E-state index contributed by atoms with van der Waals surface area (Å²) in [5.41, 5.74) is 9.25. The van der Waals surface area contributed by atoms with Crippen LogP contribution in [0.5, 0.6) is 0 Å². The fourth-order valence-corrected chi connectivity index (χ4v) is 5.68. The maximum atomic E-state index is 5.03. The molecule has 1 aliphatic heterocycles. The van der Waals surface area contributed by atoms with E-state index in [9.17, 15) is 0 Å². The molecule has 6 heteroatoms. The Morgan fingerprint density at radius 3 is 1.74 bits per heavy atom. The summed E-state index contributed by atoms with van der Waals surface area (Å²) in [5.74, 6) is 2.72. The number of rotatable bonds is 5. The number of aromatic nitrogens is 5. The molecule has 0 spiro atoms. The minimum atomic E-state index is 0.847. The highest BCUT2D eigenvalue weighted by Crippen LogP contribution is 2.35. The molecule has 4 heterocycles. The number of pyridine rings is 1. The second-order valence-electron chi connectivity index (χ2n) is 10.3. The van der Waals surface area contributed by atoms with E-state index in [0.717, 1.165) is 80.8 Å². The van der Waals surface area contributed by atoms with Crippen molar-refractivity contribution in [3.63, 3.8) is 0 Å². The monoisotopic (exact) mass is 542 g/mol. The van der Waals surface area contributed by atoms with Crippen LogP contribution in [0.1, 0.15) is 12.1 Å². The summed E-state index contributed by atoms with van der Waals surface area (Å²) in [6, 6.07) is 41.8. The molecule has 0 fully saturated rings. The van der Waals surface area contributed by atoms with E-state index in [0.29, 0.717) is 0 Å². The third kappa shape index (κ3) is 4.12. The van der Waals surface area contributed by atoms with Gasteiger partial charge in [-0.15, -0.1) is 0 Å².